The van der Waals surface area contributed by atoms with E-state index in [-0.39, 0.29) is 13.2 Å². The van der Waals surface area contributed by atoms with Crippen molar-refractivity contribution in [3.63, 3.8) is 0 Å². The number of hydrogen-bond donors (Lipinski definition) is 0. The van der Waals surface area contributed by atoms with E-state index in [0.717, 1.165) is 0 Å². The molecule has 0 amide bonds. The quantitative estimate of drug-likeness (QED) is 0.519. The summed E-state index contributed by atoms with van der Waals surface area (Å²) in [6.45, 7) is -0.141. The molecule has 0 spiro atoms. The summed E-state index contributed by atoms with van der Waals surface area (Å²) in [5.74, 6) is -4.53. The van der Waals surface area contributed by atoms with E-state index in [2.05, 4.69) is 4.18 Å². The first-order chi connectivity index (χ1) is 4.96. The second-order valence-electron chi connectivity index (χ2n) is 2.19. The van der Waals surface area contributed by atoms with Crippen LogP contribution in [0.5, 0.6) is 0 Å². The third-order valence-corrected chi connectivity index (χ3v) is 1.28. The van der Waals surface area contributed by atoms with Gasteiger partial charge in [0.05, 0.1) is 6.26 Å². The number of rotatable bonds is 3. The van der Waals surface area contributed by atoms with Gasteiger partial charge in [-0.15, -0.1) is 0 Å². The molecule has 0 radical (unpaired) electrons. The van der Waals surface area contributed by atoms with Crippen LogP contribution in [0.3, 0.4) is 0 Å². The molecule has 0 rings (SSSR count). The molecule has 0 saturated heterocycles. The minimum atomic E-state index is -5.00. The first-order valence-electron chi connectivity index (χ1n) is 2.62. The first-order valence-corrected chi connectivity index (χ1v) is 4.43. The zero-order valence-electron chi connectivity index (χ0n) is 6.14. The smallest absolute Gasteiger partial charge is 0.200 e. The van der Waals surface area contributed by atoms with Crippen molar-refractivity contribution in [2.45, 2.75) is 19.0 Å². The Hall–Kier alpha value is -0.370. The zero-order chi connectivity index (χ0) is 10.2. The van der Waals surface area contributed by atoms with Crippen molar-refractivity contribution in [2.24, 2.45) is 0 Å². The van der Waals surface area contributed by atoms with Crippen LogP contribution in [-0.2, 0) is 14.3 Å². The predicted molar refractivity (Wildman–Crippen MR) is 31.5 cm³/mol. The van der Waals surface area contributed by atoms with Crippen molar-refractivity contribution in [1.29, 1.82) is 0 Å². The normalized spacial score (nSPS) is 14.8. The Labute approximate surface area is 66.4 Å². The molecule has 0 fully saturated rings. The van der Waals surface area contributed by atoms with Gasteiger partial charge in [-0.3, -0.25) is 0 Å². The summed E-state index contributed by atoms with van der Waals surface area (Å²) in [5.41, 5.74) is 0. The van der Waals surface area contributed by atoms with Crippen molar-refractivity contribution < 1.29 is 30.2 Å². The number of hydrogen-bond acceptors (Lipinski definition) is 3. The molecular formula is C4H6F4O3S. The summed E-state index contributed by atoms with van der Waals surface area (Å²) >= 11 is 0. The lowest BCUT2D eigenvalue weighted by Crippen LogP contribution is -2.41. The molecule has 0 aliphatic carbocycles. The average Bonchev–Trinajstić information content (AvgIpc) is 1.52. The van der Waals surface area contributed by atoms with Crippen molar-refractivity contribution >= 4 is 10.1 Å². The van der Waals surface area contributed by atoms with E-state index < -0.39 is 22.1 Å². The second kappa shape index (κ2) is 2.84. The van der Waals surface area contributed by atoms with Crippen LogP contribution in [0.15, 0.2) is 0 Å². The van der Waals surface area contributed by atoms with E-state index in [0.29, 0.717) is 0 Å². The van der Waals surface area contributed by atoms with E-state index in [1.165, 1.54) is 0 Å². The van der Waals surface area contributed by atoms with Crippen LogP contribution >= 0.6 is 0 Å². The molecule has 0 aromatic heterocycles. The molecule has 3 nitrogen and oxygen atoms in total. The monoisotopic (exact) mass is 210 g/mol. The summed E-state index contributed by atoms with van der Waals surface area (Å²) in [4.78, 5) is 0. The Bertz CT molecular complexity index is 252. The largest absolute Gasteiger partial charge is 0.432 e. The molecule has 0 aliphatic heterocycles. The topological polar surface area (TPSA) is 43.4 Å². The van der Waals surface area contributed by atoms with Crippen LogP contribution in [0, 0.1) is 0 Å². The molecule has 0 N–H and O–H groups in total. The average molecular weight is 210 g/mol. The van der Waals surface area contributed by atoms with Crippen LogP contribution in [-0.4, -0.2) is 26.7 Å². The number of halogens is 4. The Kier molecular flexibility index (Phi) is 2.75. The third kappa shape index (κ3) is 3.35. The Morgan fingerprint density at radius 2 is 1.50 bits per heavy atom. The van der Waals surface area contributed by atoms with E-state index in [9.17, 15) is 26.0 Å². The van der Waals surface area contributed by atoms with Crippen molar-refractivity contribution in [1.82, 2.24) is 0 Å². The molecule has 0 aromatic rings. The maximum absolute atomic E-state index is 12.1. The molecule has 12 heavy (non-hydrogen) atoms. The van der Waals surface area contributed by atoms with Crippen molar-refractivity contribution in [3.8, 4) is 0 Å². The molecule has 8 heteroatoms. The first kappa shape index (κ1) is 11.6. The van der Waals surface area contributed by atoms with Gasteiger partial charge in [0.15, 0.2) is 0 Å². The molecule has 0 atom stereocenters. The van der Waals surface area contributed by atoms with Gasteiger partial charge in [-0.05, 0) is 0 Å². The van der Waals surface area contributed by atoms with E-state index in [1.807, 2.05) is 0 Å². The van der Waals surface area contributed by atoms with Gasteiger partial charge in [0.25, 0.3) is 10.1 Å². The van der Waals surface area contributed by atoms with Gasteiger partial charge in [-0.25, -0.2) is 0 Å². The fourth-order valence-corrected chi connectivity index (χ4v) is 0.790. The summed E-state index contributed by atoms with van der Waals surface area (Å²) in [7, 11) is -4.59. The molecule has 0 aromatic carbocycles. The molecule has 0 aliphatic rings. The summed E-state index contributed by atoms with van der Waals surface area (Å²) in [6.07, 6.45) is -4.74. The van der Waals surface area contributed by atoms with Gasteiger partial charge < -0.3 is 0 Å². The van der Waals surface area contributed by atoms with Crippen LogP contribution in [0.2, 0.25) is 0 Å². The standard InChI is InChI=1S/C4H6F4O3S/c1-3(5,6)4(7,8)11-12(2,9)10/h1-2H3. The predicted octanol–water partition coefficient (Wildman–Crippen LogP) is 1.21. The lowest BCUT2D eigenvalue weighted by Gasteiger charge is -2.20. The highest BCUT2D eigenvalue weighted by molar-refractivity contribution is 7.86. The van der Waals surface area contributed by atoms with Gasteiger partial charge in [0, 0.05) is 6.92 Å². The van der Waals surface area contributed by atoms with Gasteiger partial charge in [0.1, 0.15) is 0 Å². The maximum Gasteiger partial charge on any atom is 0.432 e. The van der Waals surface area contributed by atoms with E-state index >= 15 is 0 Å². The highest BCUT2D eigenvalue weighted by Gasteiger charge is 2.56. The Morgan fingerprint density at radius 1 is 1.17 bits per heavy atom. The van der Waals surface area contributed by atoms with Gasteiger partial charge in [0.2, 0.25) is 0 Å². The van der Waals surface area contributed by atoms with E-state index in [4.69, 9.17) is 0 Å². The fraction of sp³-hybridized carbons (Fsp3) is 1.00. The molecular weight excluding hydrogens is 204 g/mol. The maximum atomic E-state index is 12.1. The molecule has 74 valence electrons. The summed E-state index contributed by atoms with van der Waals surface area (Å²) < 4.78 is 70.9. The fourth-order valence-electron chi connectivity index (χ4n) is 0.263. The van der Waals surface area contributed by atoms with Gasteiger partial charge in [-0.2, -0.15) is 30.2 Å². The lowest BCUT2D eigenvalue weighted by molar-refractivity contribution is -0.299. The van der Waals surface area contributed by atoms with Crippen LogP contribution < -0.4 is 0 Å². The SMILES string of the molecule is CC(F)(F)C(F)(F)OS(C)(=O)=O. The third-order valence-electron chi connectivity index (χ3n) is 0.767. The second-order valence-corrected chi connectivity index (χ2v) is 3.77. The summed E-state index contributed by atoms with van der Waals surface area (Å²) in [5, 5.41) is 0. The zero-order valence-corrected chi connectivity index (χ0v) is 6.96. The minimum absolute atomic E-state index is 0.141. The van der Waals surface area contributed by atoms with Gasteiger partial charge >= 0.3 is 12.0 Å². The van der Waals surface area contributed by atoms with Crippen molar-refractivity contribution in [2.75, 3.05) is 6.26 Å². The van der Waals surface area contributed by atoms with Crippen LogP contribution in [0.25, 0.3) is 0 Å². The highest BCUT2D eigenvalue weighted by atomic mass is 32.2. The van der Waals surface area contributed by atoms with Crippen LogP contribution in [0.1, 0.15) is 6.92 Å². The van der Waals surface area contributed by atoms with E-state index in [1.54, 1.807) is 0 Å². The molecule has 0 unspecified atom stereocenters. The summed E-state index contributed by atoms with van der Waals surface area (Å²) in [6, 6.07) is 0. The number of alkyl halides is 4. The molecule has 0 bridgehead atoms. The Morgan fingerprint density at radius 3 is 1.58 bits per heavy atom. The van der Waals surface area contributed by atoms with Gasteiger partial charge in [-0.1, -0.05) is 0 Å². The minimum Gasteiger partial charge on any atom is -0.200 e. The molecule has 0 saturated carbocycles. The highest BCUT2D eigenvalue weighted by Crippen LogP contribution is 2.35. The van der Waals surface area contributed by atoms with Crippen LogP contribution in [0.4, 0.5) is 17.6 Å². The Balaban J connectivity index is 4.67. The molecule has 0 heterocycles. The van der Waals surface area contributed by atoms with Crippen molar-refractivity contribution in [3.05, 3.63) is 0 Å². The lowest BCUT2D eigenvalue weighted by atomic mass is 10.4.